The zero-order valence-electron chi connectivity index (χ0n) is 16.3. The second-order valence-electron chi connectivity index (χ2n) is 7.90. The average molecular weight is 388 g/mol. The summed E-state index contributed by atoms with van der Waals surface area (Å²) in [5.41, 5.74) is 10.1. The van der Waals surface area contributed by atoms with E-state index >= 15 is 0 Å². The minimum Gasteiger partial charge on any atom is -0.384 e. The van der Waals surface area contributed by atoms with Crippen LogP contribution >= 0.6 is 0 Å². The Balaban J connectivity index is 1.81. The van der Waals surface area contributed by atoms with E-state index in [-0.39, 0.29) is 0 Å². The summed E-state index contributed by atoms with van der Waals surface area (Å²) in [5, 5.41) is 22.2. The molecule has 0 unspecified atom stereocenters. The van der Waals surface area contributed by atoms with Crippen LogP contribution in [0.3, 0.4) is 0 Å². The molecular formula is C28H20O2. The first kappa shape index (κ1) is 17.4. The van der Waals surface area contributed by atoms with Crippen molar-refractivity contribution in [2.24, 2.45) is 0 Å². The quantitative estimate of drug-likeness (QED) is 0.418. The molecule has 0 saturated heterocycles. The molecule has 6 rings (SSSR count). The average Bonchev–Trinajstić information content (AvgIpc) is 2.81. The second-order valence-corrected chi connectivity index (χ2v) is 7.90. The maximum absolute atomic E-state index is 11.1. The first-order valence-corrected chi connectivity index (χ1v) is 10.2. The zero-order chi connectivity index (χ0) is 20.2. The van der Waals surface area contributed by atoms with E-state index < -0.39 is 12.2 Å². The van der Waals surface area contributed by atoms with E-state index in [1.54, 1.807) is 0 Å². The van der Waals surface area contributed by atoms with Crippen molar-refractivity contribution in [3.63, 3.8) is 0 Å². The van der Waals surface area contributed by atoms with Crippen LogP contribution in [-0.2, 0) is 0 Å². The lowest BCUT2D eigenvalue weighted by molar-refractivity contribution is 0.217. The molecule has 2 aliphatic rings. The van der Waals surface area contributed by atoms with E-state index in [2.05, 4.69) is 24.3 Å². The minimum absolute atomic E-state index is 0.651. The first-order valence-electron chi connectivity index (χ1n) is 10.2. The number of hydrogen-bond donors (Lipinski definition) is 2. The summed E-state index contributed by atoms with van der Waals surface area (Å²) in [6.07, 6.45) is -1.30. The number of benzene rings is 4. The predicted molar refractivity (Wildman–Crippen MR) is 119 cm³/mol. The first-order chi connectivity index (χ1) is 14.8. The molecule has 30 heavy (non-hydrogen) atoms. The molecule has 2 N–H and O–H groups in total. The third-order valence-electron chi connectivity index (χ3n) is 6.35. The van der Waals surface area contributed by atoms with Gasteiger partial charge in [-0.3, -0.25) is 0 Å². The van der Waals surface area contributed by atoms with Gasteiger partial charge in [-0.15, -0.1) is 0 Å². The predicted octanol–water partition coefficient (Wildman–Crippen LogP) is 5.48. The van der Waals surface area contributed by atoms with Gasteiger partial charge in [0.1, 0.15) is 12.2 Å². The van der Waals surface area contributed by atoms with Crippen molar-refractivity contribution in [3.05, 3.63) is 142 Å². The van der Waals surface area contributed by atoms with Crippen LogP contribution in [0.25, 0.3) is 11.1 Å². The van der Waals surface area contributed by atoms with Crippen molar-refractivity contribution in [1.82, 2.24) is 0 Å². The fourth-order valence-corrected chi connectivity index (χ4v) is 5.02. The molecule has 4 aromatic rings. The van der Waals surface area contributed by atoms with Gasteiger partial charge in [-0.25, -0.2) is 0 Å². The number of hydrogen-bond acceptors (Lipinski definition) is 2. The number of fused-ring (bicyclic) bond motifs is 4. The summed E-state index contributed by atoms with van der Waals surface area (Å²) in [7, 11) is 0. The van der Waals surface area contributed by atoms with Crippen molar-refractivity contribution in [1.29, 1.82) is 0 Å². The van der Waals surface area contributed by atoms with Gasteiger partial charge in [0.2, 0.25) is 0 Å². The van der Waals surface area contributed by atoms with Crippen LogP contribution in [-0.4, -0.2) is 10.2 Å². The van der Waals surface area contributed by atoms with Gasteiger partial charge in [-0.1, -0.05) is 97.1 Å². The summed E-state index contributed by atoms with van der Waals surface area (Å²) in [6, 6.07) is 32.4. The molecule has 0 fully saturated rings. The molecule has 0 aliphatic heterocycles. The summed E-state index contributed by atoms with van der Waals surface area (Å²) < 4.78 is 0. The molecule has 0 aromatic heterocycles. The van der Waals surface area contributed by atoms with Gasteiger partial charge in [0, 0.05) is 0 Å². The Hall–Kier alpha value is -3.46. The lowest BCUT2D eigenvalue weighted by Gasteiger charge is -2.33. The summed E-state index contributed by atoms with van der Waals surface area (Å²) in [4.78, 5) is 0. The van der Waals surface area contributed by atoms with Crippen LogP contribution < -0.4 is 0 Å². The molecule has 144 valence electrons. The van der Waals surface area contributed by atoms with Gasteiger partial charge >= 0.3 is 0 Å². The van der Waals surface area contributed by atoms with E-state index in [0.717, 1.165) is 55.7 Å². The lowest BCUT2D eigenvalue weighted by atomic mass is 9.72. The number of rotatable bonds is 0. The molecule has 0 amide bonds. The molecule has 0 saturated carbocycles. The Morgan fingerprint density at radius 3 is 0.867 bits per heavy atom. The highest BCUT2D eigenvalue weighted by Crippen LogP contribution is 2.50. The van der Waals surface area contributed by atoms with Crippen molar-refractivity contribution in [2.75, 3.05) is 0 Å². The van der Waals surface area contributed by atoms with Crippen LogP contribution in [0.2, 0.25) is 0 Å². The van der Waals surface area contributed by atoms with Gasteiger partial charge in [0.15, 0.2) is 0 Å². The van der Waals surface area contributed by atoms with Crippen LogP contribution in [0.5, 0.6) is 0 Å². The molecule has 0 bridgehead atoms. The molecule has 0 spiro atoms. The maximum atomic E-state index is 11.1. The van der Waals surface area contributed by atoms with E-state index in [4.69, 9.17) is 0 Å². The largest absolute Gasteiger partial charge is 0.384 e. The Morgan fingerprint density at radius 2 is 0.600 bits per heavy atom. The van der Waals surface area contributed by atoms with Gasteiger partial charge in [-0.05, 0) is 55.7 Å². The highest BCUT2D eigenvalue weighted by molar-refractivity contribution is 6.08. The monoisotopic (exact) mass is 388 g/mol. The highest BCUT2D eigenvalue weighted by atomic mass is 16.3. The Kier molecular flexibility index (Phi) is 3.79. The van der Waals surface area contributed by atoms with Crippen molar-refractivity contribution in [3.8, 4) is 0 Å². The van der Waals surface area contributed by atoms with Crippen molar-refractivity contribution >= 4 is 11.1 Å². The molecule has 0 radical (unpaired) electrons. The Bertz CT molecular complexity index is 1130. The fourth-order valence-electron chi connectivity index (χ4n) is 5.02. The van der Waals surface area contributed by atoms with E-state index in [9.17, 15) is 10.2 Å². The SMILES string of the molecule is OC1c2ccccc2C(=C2c3ccccc3C(O)c3ccccc32)c2ccccc21. The van der Waals surface area contributed by atoms with E-state index in [0.29, 0.717) is 0 Å². The summed E-state index contributed by atoms with van der Waals surface area (Å²) in [6.45, 7) is 0. The number of aliphatic hydroxyl groups excluding tert-OH is 2. The molecule has 2 heteroatoms. The molecule has 4 aromatic carbocycles. The van der Waals surface area contributed by atoms with Crippen LogP contribution in [0.4, 0.5) is 0 Å². The summed E-state index contributed by atoms with van der Waals surface area (Å²) >= 11 is 0. The Labute approximate surface area is 175 Å². The van der Waals surface area contributed by atoms with Crippen LogP contribution in [0.1, 0.15) is 56.7 Å². The maximum Gasteiger partial charge on any atom is 0.105 e. The third kappa shape index (κ3) is 2.32. The van der Waals surface area contributed by atoms with Crippen molar-refractivity contribution < 1.29 is 10.2 Å². The van der Waals surface area contributed by atoms with E-state index in [1.807, 2.05) is 72.8 Å². The van der Waals surface area contributed by atoms with Gasteiger partial charge < -0.3 is 10.2 Å². The van der Waals surface area contributed by atoms with Gasteiger partial charge in [0.25, 0.3) is 0 Å². The lowest BCUT2D eigenvalue weighted by Crippen LogP contribution is -2.17. The molecular weight excluding hydrogens is 368 g/mol. The summed E-state index contributed by atoms with van der Waals surface area (Å²) in [5.74, 6) is 0. The molecule has 0 heterocycles. The van der Waals surface area contributed by atoms with Crippen molar-refractivity contribution in [2.45, 2.75) is 12.2 Å². The normalized spacial score (nSPS) is 18.9. The standard InChI is InChI=1S/C28H20O2/c29-27-21-13-5-1-9-17(21)25(18-10-2-6-14-22(18)27)26-19-11-3-7-15-23(19)28(30)24-16-8-4-12-20(24)26/h1-16,27-30H. The number of aliphatic hydroxyl groups is 2. The molecule has 0 atom stereocenters. The fraction of sp³-hybridized carbons (Fsp3) is 0.0714. The minimum atomic E-state index is -0.651. The van der Waals surface area contributed by atoms with Gasteiger partial charge in [0.05, 0.1) is 0 Å². The third-order valence-corrected chi connectivity index (χ3v) is 6.35. The molecule has 2 nitrogen and oxygen atoms in total. The van der Waals surface area contributed by atoms with Crippen LogP contribution in [0, 0.1) is 0 Å². The second kappa shape index (κ2) is 6.53. The highest BCUT2D eigenvalue weighted by Gasteiger charge is 2.34. The molecule has 2 aliphatic carbocycles. The Morgan fingerprint density at radius 1 is 0.367 bits per heavy atom. The zero-order valence-corrected chi connectivity index (χ0v) is 16.3. The van der Waals surface area contributed by atoms with Gasteiger partial charge in [-0.2, -0.15) is 0 Å². The van der Waals surface area contributed by atoms with E-state index in [1.165, 1.54) is 0 Å². The smallest absolute Gasteiger partial charge is 0.105 e. The van der Waals surface area contributed by atoms with Crippen LogP contribution in [0.15, 0.2) is 97.1 Å². The topological polar surface area (TPSA) is 40.5 Å².